The molecule has 0 fully saturated rings. The van der Waals surface area contributed by atoms with Gasteiger partial charge in [0.1, 0.15) is 17.8 Å². The third kappa shape index (κ3) is 4.47. The number of halogens is 3. The summed E-state index contributed by atoms with van der Waals surface area (Å²) < 4.78 is 39.2. The molecule has 0 saturated carbocycles. The van der Waals surface area contributed by atoms with Crippen molar-refractivity contribution in [2.45, 2.75) is 12.8 Å². The molecule has 1 N–H and O–H groups in total. The van der Waals surface area contributed by atoms with Crippen LogP contribution in [0.2, 0.25) is 0 Å². The molecule has 0 unspecified atom stereocenters. The number of benzene rings is 1. The number of ether oxygens (including phenoxy) is 1. The van der Waals surface area contributed by atoms with E-state index in [4.69, 9.17) is 0 Å². The van der Waals surface area contributed by atoms with E-state index >= 15 is 0 Å². The fourth-order valence-corrected chi connectivity index (χ4v) is 1.00. The smallest absolute Gasteiger partial charge is 0.507 e. The van der Waals surface area contributed by atoms with Crippen LogP contribution in [0.5, 0.6) is 11.5 Å². The second kappa shape index (κ2) is 5.25. The van der Waals surface area contributed by atoms with Crippen molar-refractivity contribution in [1.82, 2.24) is 0 Å². The number of carbonyl (C=O) groups is 1. The van der Waals surface area contributed by atoms with Crippen LogP contribution in [0.3, 0.4) is 0 Å². The van der Waals surface area contributed by atoms with E-state index in [9.17, 15) is 23.1 Å². The van der Waals surface area contributed by atoms with Gasteiger partial charge in [0.15, 0.2) is 0 Å². The minimum atomic E-state index is -4.81. The summed E-state index contributed by atoms with van der Waals surface area (Å²) in [5, 5.41) is 9.35. The Balaban J connectivity index is 2.87. The van der Waals surface area contributed by atoms with Gasteiger partial charge in [-0.2, -0.15) is 0 Å². The largest absolute Gasteiger partial charge is 0.573 e. The topological polar surface area (TPSA) is 46.5 Å². The Morgan fingerprint density at radius 2 is 2.12 bits per heavy atom. The lowest BCUT2D eigenvalue weighted by molar-refractivity contribution is -0.274. The van der Waals surface area contributed by atoms with Crippen LogP contribution in [-0.4, -0.2) is 17.8 Å². The van der Waals surface area contributed by atoms with Gasteiger partial charge in [0.05, 0.1) is 12.0 Å². The highest BCUT2D eigenvalue weighted by Gasteiger charge is 2.31. The second-order valence-electron chi connectivity index (χ2n) is 2.90. The summed E-state index contributed by atoms with van der Waals surface area (Å²) in [6.45, 7) is 0. The molecule has 0 saturated heterocycles. The minimum Gasteiger partial charge on any atom is -0.507 e. The summed E-state index contributed by atoms with van der Waals surface area (Å²) in [5.74, 6) is 3.88. The van der Waals surface area contributed by atoms with E-state index in [1.807, 2.05) is 0 Å². The van der Waals surface area contributed by atoms with E-state index < -0.39 is 17.9 Å². The summed E-state index contributed by atoms with van der Waals surface area (Å²) in [4.78, 5) is 9.98. The van der Waals surface area contributed by atoms with E-state index in [-0.39, 0.29) is 12.0 Å². The summed E-state index contributed by atoms with van der Waals surface area (Å²) in [5.41, 5.74) is 0.126. The number of aldehydes is 1. The van der Waals surface area contributed by atoms with Crippen molar-refractivity contribution in [2.75, 3.05) is 0 Å². The van der Waals surface area contributed by atoms with Gasteiger partial charge in [-0.05, 0) is 12.1 Å². The Labute approximate surface area is 94.8 Å². The first-order valence-electron chi connectivity index (χ1n) is 4.43. The van der Waals surface area contributed by atoms with E-state index in [1.54, 1.807) is 0 Å². The van der Waals surface area contributed by atoms with Gasteiger partial charge >= 0.3 is 6.36 Å². The summed E-state index contributed by atoms with van der Waals surface area (Å²) in [6, 6.07) is 3.00. The Morgan fingerprint density at radius 3 is 2.65 bits per heavy atom. The average Bonchev–Trinajstić information content (AvgIpc) is 2.19. The van der Waals surface area contributed by atoms with Gasteiger partial charge in [-0.3, -0.25) is 0 Å². The molecule has 0 atom stereocenters. The van der Waals surface area contributed by atoms with Gasteiger partial charge in [0.25, 0.3) is 0 Å². The molecule has 3 nitrogen and oxygen atoms in total. The summed E-state index contributed by atoms with van der Waals surface area (Å²) in [6.07, 6.45) is -4.25. The first-order chi connectivity index (χ1) is 7.92. The van der Waals surface area contributed by atoms with Crippen molar-refractivity contribution in [3.05, 3.63) is 23.8 Å². The molecule has 0 aliphatic carbocycles. The number of carbonyl (C=O) groups excluding carboxylic acids is 1. The van der Waals surface area contributed by atoms with Crippen LogP contribution in [0.4, 0.5) is 13.2 Å². The quantitative estimate of drug-likeness (QED) is 0.641. The van der Waals surface area contributed by atoms with Gasteiger partial charge in [0.2, 0.25) is 0 Å². The lowest BCUT2D eigenvalue weighted by Crippen LogP contribution is -2.17. The van der Waals surface area contributed by atoms with Crippen LogP contribution < -0.4 is 4.74 Å². The number of phenolic OH excluding ortho intramolecular Hbond substituents is 1. The molecule has 1 rings (SSSR count). The van der Waals surface area contributed by atoms with Crippen molar-refractivity contribution in [3.63, 3.8) is 0 Å². The maximum Gasteiger partial charge on any atom is 0.573 e. The number of phenols is 1. The van der Waals surface area contributed by atoms with Gasteiger partial charge in [0, 0.05) is 6.07 Å². The summed E-state index contributed by atoms with van der Waals surface area (Å²) >= 11 is 0. The number of alkyl halides is 3. The minimum absolute atomic E-state index is 0.0136. The van der Waals surface area contributed by atoms with Gasteiger partial charge < -0.3 is 14.6 Å². The van der Waals surface area contributed by atoms with Crippen LogP contribution in [0, 0.1) is 11.8 Å². The first-order valence-corrected chi connectivity index (χ1v) is 4.43. The molecule has 17 heavy (non-hydrogen) atoms. The number of rotatable bonds is 2. The van der Waals surface area contributed by atoms with Gasteiger partial charge in [-0.15, -0.1) is 13.2 Å². The van der Waals surface area contributed by atoms with E-state index in [2.05, 4.69) is 16.6 Å². The first kappa shape index (κ1) is 12.9. The summed E-state index contributed by atoms with van der Waals surface area (Å²) in [7, 11) is 0. The molecule has 0 aliphatic heterocycles. The van der Waals surface area contributed by atoms with Crippen molar-refractivity contribution in [2.24, 2.45) is 0 Å². The molecule has 0 spiro atoms. The molecule has 0 aliphatic rings. The van der Waals surface area contributed by atoms with Gasteiger partial charge in [-0.25, -0.2) is 0 Å². The average molecular weight is 244 g/mol. The van der Waals surface area contributed by atoms with Crippen LogP contribution in [0.1, 0.15) is 12.0 Å². The number of hydrogen-bond donors (Lipinski definition) is 1. The number of aromatic hydroxyl groups is 1. The second-order valence-corrected chi connectivity index (χ2v) is 2.90. The van der Waals surface area contributed by atoms with Crippen molar-refractivity contribution in [1.29, 1.82) is 0 Å². The number of hydrogen-bond acceptors (Lipinski definition) is 3. The van der Waals surface area contributed by atoms with E-state index in [0.29, 0.717) is 6.29 Å². The highest BCUT2D eigenvalue weighted by Crippen LogP contribution is 2.27. The third-order valence-corrected chi connectivity index (χ3v) is 1.61. The molecule has 0 heterocycles. The van der Waals surface area contributed by atoms with Crippen LogP contribution in [0.15, 0.2) is 18.2 Å². The molecule has 6 heteroatoms. The van der Waals surface area contributed by atoms with Crippen LogP contribution in [0.25, 0.3) is 0 Å². The van der Waals surface area contributed by atoms with E-state index in [1.165, 1.54) is 6.07 Å². The molecule has 0 radical (unpaired) electrons. The van der Waals surface area contributed by atoms with Crippen molar-refractivity contribution >= 4 is 6.29 Å². The van der Waals surface area contributed by atoms with E-state index in [0.717, 1.165) is 12.1 Å². The predicted molar refractivity (Wildman–Crippen MR) is 52.3 cm³/mol. The Kier molecular flexibility index (Phi) is 3.99. The molecule has 90 valence electrons. The van der Waals surface area contributed by atoms with Crippen LogP contribution in [-0.2, 0) is 4.79 Å². The third-order valence-electron chi connectivity index (χ3n) is 1.61. The van der Waals surface area contributed by atoms with Crippen molar-refractivity contribution < 1.29 is 27.8 Å². The molecule has 0 bridgehead atoms. The molecular weight excluding hydrogens is 237 g/mol. The Bertz CT molecular complexity index is 469. The maximum absolute atomic E-state index is 11.9. The Hall–Kier alpha value is -2.16. The lowest BCUT2D eigenvalue weighted by Gasteiger charge is -2.09. The fourth-order valence-electron chi connectivity index (χ4n) is 1.00. The predicted octanol–water partition coefficient (Wildman–Crippen LogP) is 2.23. The van der Waals surface area contributed by atoms with Gasteiger partial charge in [-0.1, -0.05) is 11.8 Å². The molecule has 0 aromatic heterocycles. The lowest BCUT2D eigenvalue weighted by atomic mass is 10.2. The zero-order chi connectivity index (χ0) is 12.9. The maximum atomic E-state index is 11.9. The monoisotopic (exact) mass is 244 g/mol. The zero-order valence-corrected chi connectivity index (χ0v) is 8.41. The molecule has 0 amide bonds. The normalized spacial score (nSPS) is 10.3. The molecule has 1 aromatic carbocycles. The van der Waals surface area contributed by atoms with Crippen LogP contribution >= 0.6 is 0 Å². The molecular formula is C11H7F3O3. The van der Waals surface area contributed by atoms with Crippen molar-refractivity contribution in [3.8, 4) is 23.3 Å². The highest BCUT2D eigenvalue weighted by molar-refractivity contribution is 5.56. The zero-order valence-electron chi connectivity index (χ0n) is 8.41. The molecule has 1 aromatic rings. The fraction of sp³-hybridized carbons (Fsp3) is 0.182. The SMILES string of the molecule is O=CCC#Cc1ccc(OC(F)(F)F)cc1O. The Morgan fingerprint density at radius 1 is 1.41 bits per heavy atom. The highest BCUT2D eigenvalue weighted by atomic mass is 19.4. The standard InChI is InChI=1S/C11H7F3O3/c12-11(13,14)17-9-5-4-8(10(16)7-9)3-1-2-6-15/h4-7,16H,2H2.